The number of rotatable bonds is 2. The van der Waals surface area contributed by atoms with E-state index >= 15 is 0 Å². The molecule has 0 spiro atoms. The Balaban J connectivity index is 1.83. The van der Waals surface area contributed by atoms with Crippen LogP contribution in [-0.4, -0.2) is 20.2 Å². The molecule has 20 heavy (non-hydrogen) atoms. The van der Waals surface area contributed by atoms with Crippen molar-refractivity contribution in [2.24, 2.45) is 7.05 Å². The van der Waals surface area contributed by atoms with Crippen molar-refractivity contribution in [1.82, 2.24) is 0 Å². The lowest BCUT2D eigenvalue weighted by Crippen LogP contribution is -2.28. The van der Waals surface area contributed by atoms with Crippen LogP contribution in [0.4, 0.5) is 5.69 Å². The van der Waals surface area contributed by atoms with Gasteiger partial charge in [0, 0.05) is 19.2 Å². The van der Waals surface area contributed by atoms with Crippen molar-refractivity contribution >= 4 is 17.8 Å². The maximum atomic E-state index is 5.72. The Kier molecular flexibility index (Phi) is 3.42. The van der Waals surface area contributed by atoms with Crippen molar-refractivity contribution in [3.8, 4) is 5.75 Å². The molecular formula is C17H19N2O+. The van der Waals surface area contributed by atoms with Gasteiger partial charge in [-0.25, -0.2) is 4.57 Å². The molecule has 3 nitrogen and oxygen atoms in total. The van der Waals surface area contributed by atoms with Gasteiger partial charge in [-0.2, -0.15) is 0 Å². The zero-order valence-electron chi connectivity index (χ0n) is 11.9. The van der Waals surface area contributed by atoms with Gasteiger partial charge in [-0.3, -0.25) is 0 Å². The summed E-state index contributed by atoms with van der Waals surface area (Å²) in [5.74, 6) is 0.973. The summed E-state index contributed by atoms with van der Waals surface area (Å²) in [5, 5.41) is 0. The summed E-state index contributed by atoms with van der Waals surface area (Å²) in [7, 11) is 4.12. The Morgan fingerprint density at radius 1 is 1.10 bits per heavy atom. The molecule has 1 aromatic carbocycles. The minimum absolute atomic E-state index is 0.756. The Hall–Kier alpha value is -2.29. The molecule has 0 aliphatic carbocycles. The van der Waals surface area contributed by atoms with E-state index in [9.17, 15) is 0 Å². The predicted octanol–water partition coefficient (Wildman–Crippen LogP) is 2.51. The van der Waals surface area contributed by atoms with Gasteiger partial charge in [-0.15, -0.1) is 0 Å². The average Bonchev–Trinajstić information content (AvgIpc) is 2.47. The highest BCUT2D eigenvalue weighted by Crippen LogP contribution is 2.31. The van der Waals surface area contributed by atoms with Crippen LogP contribution in [0.25, 0.3) is 12.2 Å². The maximum absolute atomic E-state index is 5.72. The first-order valence-electron chi connectivity index (χ1n) is 6.84. The molecule has 0 unspecified atom stereocenters. The van der Waals surface area contributed by atoms with Crippen LogP contribution in [0.3, 0.4) is 0 Å². The van der Waals surface area contributed by atoms with Gasteiger partial charge in [0.25, 0.3) is 0 Å². The number of hydrogen-bond donors (Lipinski definition) is 0. The van der Waals surface area contributed by atoms with Crippen LogP contribution in [0, 0.1) is 0 Å². The highest BCUT2D eigenvalue weighted by Gasteiger charge is 2.14. The topological polar surface area (TPSA) is 16.4 Å². The lowest BCUT2D eigenvalue weighted by atomic mass is 10.1. The fourth-order valence-electron chi connectivity index (χ4n) is 2.29. The van der Waals surface area contributed by atoms with Crippen molar-refractivity contribution in [3.63, 3.8) is 0 Å². The first-order chi connectivity index (χ1) is 9.72. The van der Waals surface area contributed by atoms with E-state index < -0.39 is 0 Å². The molecule has 0 bridgehead atoms. The van der Waals surface area contributed by atoms with Crippen LogP contribution in [0.5, 0.6) is 5.75 Å². The molecule has 0 amide bonds. The molecular weight excluding hydrogens is 248 g/mol. The van der Waals surface area contributed by atoms with Gasteiger partial charge in [0.05, 0.1) is 12.2 Å². The van der Waals surface area contributed by atoms with E-state index in [1.165, 1.54) is 11.3 Å². The van der Waals surface area contributed by atoms with E-state index in [-0.39, 0.29) is 0 Å². The molecule has 0 saturated heterocycles. The standard InChI is InChI=1S/C17H19N2O/c1-18-9-7-14(8-10-18)3-4-15-5-6-16-17(13-15)20-12-11-19(16)2/h3-10,13H,11-12H2,1-2H3/q+1. The number of ether oxygens (including phenoxy) is 1. The van der Waals surface area contributed by atoms with E-state index in [2.05, 4.69) is 54.4 Å². The fraction of sp³-hybridized carbons (Fsp3) is 0.235. The summed E-state index contributed by atoms with van der Waals surface area (Å²) in [6.45, 7) is 1.70. The van der Waals surface area contributed by atoms with Gasteiger partial charge in [0.1, 0.15) is 19.4 Å². The third-order valence-corrected chi connectivity index (χ3v) is 3.55. The van der Waals surface area contributed by atoms with Crippen LogP contribution in [0.1, 0.15) is 11.1 Å². The zero-order chi connectivity index (χ0) is 13.9. The van der Waals surface area contributed by atoms with E-state index in [1.54, 1.807) is 0 Å². The second-order valence-electron chi connectivity index (χ2n) is 5.13. The van der Waals surface area contributed by atoms with Crippen LogP contribution in [0.15, 0.2) is 42.7 Å². The van der Waals surface area contributed by atoms with Gasteiger partial charge in [0.15, 0.2) is 12.4 Å². The minimum Gasteiger partial charge on any atom is -0.490 e. The molecule has 0 N–H and O–H groups in total. The number of fused-ring (bicyclic) bond motifs is 1. The number of anilines is 1. The molecule has 0 fully saturated rings. The molecule has 2 heterocycles. The van der Waals surface area contributed by atoms with Crippen LogP contribution in [-0.2, 0) is 7.05 Å². The number of nitrogens with zero attached hydrogens (tertiary/aromatic N) is 2. The van der Waals surface area contributed by atoms with Crippen LogP contribution >= 0.6 is 0 Å². The lowest BCUT2D eigenvalue weighted by Gasteiger charge is -2.27. The van der Waals surface area contributed by atoms with Crippen molar-refractivity contribution in [2.75, 3.05) is 25.1 Å². The van der Waals surface area contributed by atoms with Gasteiger partial charge < -0.3 is 9.64 Å². The van der Waals surface area contributed by atoms with Crippen molar-refractivity contribution < 1.29 is 9.30 Å². The van der Waals surface area contributed by atoms with Crippen LogP contribution < -0.4 is 14.2 Å². The molecule has 3 rings (SSSR count). The Morgan fingerprint density at radius 2 is 1.85 bits per heavy atom. The SMILES string of the molecule is CN1CCOc2cc(C=Cc3cc[n+](C)cc3)ccc21. The summed E-state index contributed by atoms with van der Waals surface area (Å²) in [5.41, 5.74) is 3.52. The van der Waals surface area contributed by atoms with Crippen molar-refractivity contribution in [1.29, 1.82) is 0 Å². The van der Waals surface area contributed by atoms with Crippen LogP contribution in [0.2, 0.25) is 0 Å². The van der Waals surface area contributed by atoms with E-state index in [4.69, 9.17) is 4.74 Å². The Bertz CT molecular complexity index is 632. The molecule has 1 aromatic heterocycles. The highest BCUT2D eigenvalue weighted by atomic mass is 16.5. The summed E-state index contributed by atoms with van der Waals surface area (Å²) in [6.07, 6.45) is 8.33. The molecule has 102 valence electrons. The number of hydrogen-bond acceptors (Lipinski definition) is 2. The number of aromatic nitrogens is 1. The van der Waals surface area contributed by atoms with E-state index in [0.29, 0.717) is 0 Å². The first-order valence-corrected chi connectivity index (χ1v) is 6.84. The Morgan fingerprint density at radius 3 is 2.65 bits per heavy atom. The maximum Gasteiger partial charge on any atom is 0.169 e. The largest absolute Gasteiger partial charge is 0.490 e. The van der Waals surface area contributed by atoms with Gasteiger partial charge in [0.2, 0.25) is 0 Å². The van der Waals surface area contributed by atoms with Crippen molar-refractivity contribution in [3.05, 3.63) is 53.9 Å². The normalized spacial score (nSPS) is 14.2. The number of aryl methyl sites for hydroxylation is 1. The van der Waals surface area contributed by atoms with Gasteiger partial charge in [-0.05, 0) is 23.3 Å². The molecule has 0 atom stereocenters. The second kappa shape index (κ2) is 5.37. The number of pyridine rings is 1. The molecule has 0 radical (unpaired) electrons. The molecule has 2 aromatic rings. The van der Waals surface area contributed by atoms with E-state index in [0.717, 1.165) is 24.5 Å². The quantitative estimate of drug-likeness (QED) is 0.777. The third kappa shape index (κ3) is 2.67. The van der Waals surface area contributed by atoms with Crippen molar-refractivity contribution in [2.45, 2.75) is 0 Å². The Labute approximate surface area is 119 Å². The monoisotopic (exact) mass is 267 g/mol. The third-order valence-electron chi connectivity index (χ3n) is 3.55. The van der Waals surface area contributed by atoms with Gasteiger partial charge in [-0.1, -0.05) is 18.2 Å². The van der Waals surface area contributed by atoms with Gasteiger partial charge >= 0.3 is 0 Å². The first kappa shape index (κ1) is 12.7. The number of likely N-dealkylation sites (N-methyl/N-ethyl adjacent to an activating group) is 1. The molecule has 1 aliphatic rings. The highest BCUT2D eigenvalue weighted by molar-refractivity contribution is 5.72. The van der Waals surface area contributed by atoms with E-state index in [1.807, 2.05) is 24.0 Å². The second-order valence-corrected chi connectivity index (χ2v) is 5.13. The molecule has 1 aliphatic heterocycles. The minimum atomic E-state index is 0.756. The summed E-state index contributed by atoms with van der Waals surface area (Å²) < 4.78 is 7.75. The molecule has 0 saturated carbocycles. The predicted molar refractivity (Wildman–Crippen MR) is 81.8 cm³/mol. The smallest absolute Gasteiger partial charge is 0.169 e. The average molecular weight is 267 g/mol. The lowest BCUT2D eigenvalue weighted by molar-refractivity contribution is -0.671. The summed E-state index contributed by atoms with van der Waals surface area (Å²) in [4.78, 5) is 2.23. The zero-order valence-corrected chi connectivity index (χ0v) is 11.9. The fourth-order valence-corrected chi connectivity index (χ4v) is 2.29. The number of benzene rings is 1. The molecule has 3 heteroatoms. The summed E-state index contributed by atoms with van der Waals surface area (Å²) in [6, 6.07) is 10.5. The summed E-state index contributed by atoms with van der Waals surface area (Å²) >= 11 is 0.